The van der Waals surface area contributed by atoms with E-state index in [2.05, 4.69) is 34.3 Å². The molecule has 0 rings (SSSR count). The number of hydrogen-bond donors (Lipinski definition) is 0. The van der Waals surface area contributed by atoms with Crippen molar-refractivity contribution in [3.8, 4) is 0 Å². The second-order valence-electron chi connectivity index (χ2n) is 5.28. The van der Waals surface area contributed by atoms with Crippen molar-refractivity contribution < 1.29 is 0 Å². The molecule has 0 radical (unpaired) electrons. The maximum atomic E-state index is 3.94. The minimum absolute atomic E-state index is 0.873. The van der Waals surface area contributed by atoms with Crippen molar-refractivity contribution in [1.82, 2.24) is 0 Å². The van der Waals surface area contributed by atoms with Crippen LogP contribution in [0.4, 0.5) is 0 Å². The molecule has 0 aromatic heterocycles. The number of rotatable bonds is 8. The van der Waals surface area contributed by atoms with Crippen LogP contribution in [0.25, 0.3) is 0 Å². The summed E-state index contributed by atoms with van der Waals surface area (Å²) in [7, 11) is 0. The van der Waals surface area contributed by atoms with E-state index < -0.39 is 0 Å². The number of hydrogen-bond acceptors (Lipinski definition) is 0. The average Bonchev–Trinajstić information content (AvgIpc) is 2.02. The SMILES string of the molecule is C=C(C)CCCC(C)CCCC(C)C. The monoisotopic (exact) mass is 196 g/mol. The fraction of sp³-hybridized carbons (Fsp3) is 0.857. The zero-order valence-electron chi connectivity index (χ0n) is 10.6. The maximum absolute atomic E-state index is 3.94. The standard InChI is InChI=1S/C14H28/c1-12(2)8-6-10-14(5)11-7-9-13(3)4/h13-14H,1,6-11H2,2-5H3. The van der Waals surface area contributed by atoms with Gasteiger partial charge in [-0.25, -0.2) is 0 Å². The summed E-state index contributed by atoms with van der Waals surface area (Å²) < 4.78 is 0. The van der Waals surface area contributed by atoms with Crippen LogP contribution < -0.4 is 0 Å². The summed E-state index contributed by atoms with van der Waals surface area (Å²) in [6.45, 7) is 13.1. The van der Waals surface area contributed by atoms with Gasteiger partial charge < -0.3 is 0 Å². The lowest BCUT2D eigenvalue weighted by molar-refractivity contribution is 0.427. The zero-order valence-corrected chi connectivity index (χ0v) is 10.6. The van der Waals surface area contributed by atoms with Crippen LogP contribution in [-0.2, 0) is 0 Å². The molecule has 0 heterocycles. The van der Waals surface area contributed by atoms with E-state index in [0.717, 1.165) is 11.8 Å². The number of allylic oxidation sites excluding steroid dienone is 1. The minimum Gasteiger partial charge on any atom is -0.100 e. The normalized spacial score (nSPS) is 13.2. The van der Waals surface area contributed by atoms with E-state index in [1.54, 1.807) is 0 Å². The van der Waals surface area contributed by atoms with Gasteiger partial charge >= 0.3 is 0 Å². The van der Waals surface area contributed by atoms with E-state index in [1.807, 2.05) is 0 Å². The first kappa shape index (κ1) is 13.7. The van der Waals surface area contributed by atoms with E-state index in [-0.39, 0.29) is 0 Å². The Bertz CT molecular complexity index is 144. The smallest absolute Gasteiger partial charge is 0.0326 e. The van der Waals surface area contributed by atoms with Crippen LogP contribution in [0, 0.1) is 11.8 Å². The summed E-state index contributed by atoms with van der Waals surface area (Å²) in [4.78, 5) is 0. The zero-order chi connectivity index (χ0) is 11.0. The molecule has 0 spiro atoms. The predicted octanol–water partition coefficient (Wildman–Crippen LogP) is 5.20. The third kappa shape index (κ3) is 9.83. The van der Waals surface area contributed by atoms with Gasteiger partial charge in [0, 0.05) is 0 Å². The van der Waals surface area contributed by atoms with Crippen LogP contribution in [-0.4, -0.2) is 0 Å². The van der Waals surface area contributed by atoms with Gasteiger partial charge in [0.2, 0.25) is 0 Å². The van der Waals surface area contributed by atoms with Crippen molar-refractivity contribution in [2.24, 2.45) is 11.8 Å². The average molecular weight is 196 g/mol. The van der Waals surface area contributed by atoms with E-state index in [1.165, 1.54) is 44.1 Å². The summed E-state index contributed by atoms with van der Waals surface area (Å²) in [5, 5.41) is 0. The Morgan fingerprint density at radius 2 is 1.57 bits per heavy atom. The highest BCUT2D eigenvalue weighted by Crippen LogP contribution is 2.18. The third-order valence-electron chi connectivity index (χ3n) is 2.78. The Labute approximate surface area is 90.8 Å². The molecule has 0 aromatic rings. The van der Waals surface area contributed by atoms with Gasteiger partial charge in [-0.15, -0.1) is 6.58 Å². The fourth-order valence-electron chi connectivity index (χ4n) is 1.77. The molecule has 0 amide bonds. The fourth-order valence-corrected chi connectivity index (χ4v) is 1.77. The first-order valence-electron chi connectivity index (χ1n) is 6.16. The van der Waals surface area contributed by atoms with E-state index in [9.17, 15) is 0 Å². The molecule has 1 atom stereocenters. The summed E-state index contributed by atoms with van der Waals surface area (Å²) in [5.74, 6) is 1.78. The Morgan fingerprint density at radius 1 is 1.00 bits per heavy atom. The van der Waals surface area contributed by atoms with Crippen molar-refractivity contribution >= 4 is 0 Å². The van der Waals surface area contributed by atoms with Crippen molar-refractivity contribution in [3.05, 3.63) is 12.2 Å². The molecule has 14 heavy (non-hydrogen) atoms. The lowest BCUT2D eigenvalue weighted by Gasteiger charge is -2.11. The second kappa shape index (κ2) is 8.08. The van der Waals surface area contributed by atoms with E-state index >= 15 is 0 Å². The summed E-state index contributed by atoms with van der Waals surface area (Å²) in [6, 6.07) is 0. The quantitative estimate of drug-likeness (QED) is 0.468. The molecule has 0 aromatic carbocycles. The molecule has 0 bridgehead atoms. The van der Waals surface area contributed by atoms with Gasteiger partial charge in [0.25, 0.3) is 0 Å². The van der Waals surface area contributed by atoms with Gasteiger partial charge in [-0.2, -0.15) is 0 Å². The van der Waals surface area contributed by atoms with Gasteiger partial charge in [0.05, 0.1) is 0 Å². The molecule has 0 aliphatic carbocycles. The Balaban J connectivity index is 3.27. The van der Waals surface area contributed by atoms with Crippen LogP contribution >= 0.6 is 0 Å². The molecule has 1 unspecified atom stereocenters. The van der Waals surface area contributed by atoms with Gasteiger partial charge in [0.1, 0.15) is 0 Å². The van der Waals surface area contributed by atoms with Crippen molar-refractivity contribution in [3.63, 3.8) is 0 Å². The van der Waals surface area contributed by atoms with Crippen molar-refractivity contribution in [2.75, 3.05) is 0 Å². The van der Waals surface area contributed by atoms with Crippen LogP contribution in [0.1, 0.15) is 66.2 Å². The highest BCUT2D eigenvalue weighted by Gasteiger charge is 2.02. The molecule has 0 aliphatic heterocycles. The minimum atomic E-state index is 0.873. The molecule has 0 N–H and O–H groups in total. The molecule has 0 nitrogen and oxygen atoms in total. The van der Waals surface area contributed by atoms with E-state index in [4.69, 9.17) is 0 Å². The van der Waals surface area contributed by atoms with Gasteiger partial charge in [0.15, 0.2) is 0 Å². The molecule has 84 valence electrons. The molecule has 0 aliphatic rings. The second-order valence-corrected chi connectivity index (χ2v) is 5.28. The Hall–Kier alpha value is -0.260. The molecular formula is C14H28. The summed E-state index contributed by atoms with van der Waals surface area (Å²) >= 11 is 0. The van der Waals surface area contributed by atoms with Gasteiger partial charge in [-0.1, -0.05) is 52.0 Å². The lowest BCUT2D eigenvalue weighted by atomic mass is 9.95. The van der Waals surface area contributed by atoms with Crippen molar-refractivity contribution in [2.45, 2.75) is 66.2 Å². The molecule has 0 fully saturated rings. The maximum Gasteiger partial charge on any atom is -0.0326 e. The van der Waals surface area contributed by atoms with Gasteiger partial charge in [-0.3, -0.25) is 0 Å². The van der Waals surface area contributed by atoms with Crippen molar-refractivity contribution in [1.29, 1.82) is 0 Å². The third-order valence-corrected chi connectivity index (χ3v) is 2.78. The van der Waals surface area contributed by atoms with Crippen LogP contribution in [0.3, 0.4) is 0 Å². The van der Waals surface area contributed by atoms with Gasteiger partial charge in [-0.05, 0) is 31.6 Å². The van der Waals surface area contributed by atoms with Crippen LogP contribution in [0.15, 0.2) is 12.2 Å². The summed E-state index contributed by atoms with van der Waals surface area (Å²) in [6.07, 6.45) is 8.14. The first-order valence-corrected chi connectivity index (χ1v) is 6.16. The van der Waals surface area contributed by atoms with Crippen LogP contribution in [0.5, 0.6) is 0 Å². The highest BCUT2D eigenvalue weighted by molar-refractivity contribution is 4.87. The first-order chi connectivity index (χ1) is 6.52. The predicted molar refractivity (Wildman–Crippen MR) is 66.5 cm³/mol. The molecular weight excluding hydrogens is 168 g/mol. The summed E-state index contributed by atoms with van der Waals surface area (Å²) in [5.41, 5.74) is 1.33. The Kier molecular flexibility index (Phi) is 7.93. The highest BCUT2D eigenvalue weighted by atomic mass is 14.1. The Morgan fingerprint density at radius 3 is 2.07 bits per heavy atom. The van der Waals surface area contributed by atoms with Crippen LogP contribution in [0.2, 0.25) is 0 Å². The largest absolute Gasteiger partial charge is 0.100 e. The molecule has 0 saturated carbocycles. The molecule has 0 saturated heterocycles. The topological polar surface area (TPSA) is 0 Å². The van der Waals surface area contributed by atoms with E-state index in [0.29, 0.717) is 0 Å². The lowest BCUT2D eigenvalue weighted by Crippen LogP contribution is -1.96. The molecule has 0 heteroatoms.